The molecular formula is C24H31N3O2S. The molecule has 0 amide bonds. The lowest BCUT2D eigenvalue weighted by atomic mass is 10.1. The lowest BCUT2D eigenvalue weighted by molar-refractivity contribution is -0.00522. The first-order chi connectivity index (χ1) is 14.5. The Labute approximate surface area is 183 Å². The highest BCUT2D eigenvalue weighted by Gasteiger charge is 2.26. The zero-order valence-corrected chi connectivity index (χ0v) is 19.1. The molecule has 0 unspecified atom stereocenters. The van der Waals surface area contributed by atoms with Crippen molar-refractivity contribution in [3.05, 3.63) is 35.4 Å². The van der Waals surface area contributed by atoms with Crippen molar-refractivity contribution in [3.63, 3.8) is 0 Å². The second-order valence-electron chi connectivity index (χ2n) is 8.76. The van der Waals surface area contributed by atoms with Crippen LogP contribution < -0.4 is 15.1 Å². The van der Waals surface area contributed by atoms with Crippen LogP contribution in [0.3, 0.4) is 0 Å². The van der Waals surface area contributed by atoms with Gasteiger partial charge in [-0.1, -0.05) is 11.8 Å². The van der Waals surface area contributed by atoms with Crippen molar-refractivity contribution in [2.75, 3.05) is 54.5 Å². The molecule has 5 rings (SSSR count). The van der Waals surface area contributed by atoms with E-state index in [1.165, 1.54) is 43.7 Å². The van der Waals surface area contributed by atoms with Crippen LogP contribution in [-0.2, 0) is 9.47 Å². The molecule has 3 aliphatic heterocycles. The van der Waals surface area contributed by atoms with Crippen LogP contribution in [-0.4, -0.2) is 51.6 Å². The number of anilines is 4. The smallest absolute Gasteiger partial charge is 0.0726 e. The van der Waals surface area contributed by atoms with Gasteiger partial charge in [-0.05, 0) is 63.1 Å². The van der Waals surface area contributed by atoms with Crippen LogP contribution in [0.25, 0.3) is 0 Å². The molecule has 2 aromatic rings. The van der Waals surface area contributed by atoms with E-state index in [1.807, 2.05) is 11.8 Å². The highest BCUT2D eigenvalue weighted by atomic mass is 32.2. The van der Waals surface area contributed by atoms with Gasteiger partial charge in [-0.3, -0.25) is 0 Å². The molecule has 5 nitrogen and oxygen atoms in total. The molecule has 6 heteroatoms. The van der Waals surface area contributed by atoms with Gasteiger partial charge in [-0.2, -0.15) is 0 Å². The summed E-state index contributed by atoms with van der Waals surface area (Å²) in [6, 6.07) is 9.32. The van der Waals surface area contributed by atoms with Crippen LogP contribution in [0.2, 0.25) is 0 Å². The number of nitrogens with zero attached hydrogens (tertiary/aromatic N) is 2. The first kappa shape index (κ1) is 20.0. The summed E-state index contributed by atoms with van der Waals surface area (Å²) >= 11 is 1.89. The summed E-state index contributed by atoms with van der Waals surface area (Å²) < 4.78 is 11.5. The maximum Gasteiger partial charge on any atom is 0.0726 e. The van der Waals surface area contributed by atoms with Crippen molar-refractivity contribution in [1.82, 2.24) is 0 Å². The van der Waals surface area contributed by atoms with E-state index in [9.17, 15) is 0 Å². The molecule has 0 saturated carbocycles. The number of hydrogen-bond donors (Lipinski definition) is 1. The van der Waals surface area contributed by atoms with Crippen LogP contribution in [0, 0.1) is 13.8 Å². The van der Waals surface area contributed by atoms with E-state index in [4.69, 9.17) is 9.47 Å². The van der Waals surface area contributed by atoms with Gasteiger partial charge >= 0.3 is 0 Å². The number of morpholine rings is 2. The molecule has 3 aliphatic rings. The minimum atomic E-state index is 0.260. The van der Waals surface area contributed by atoms with E-state index in [0.717, 1.165) is 39.4 Å². The van der Waals surface area contributed by atoms with Gasteiger partial charge in [-0.25, -0.2) is 0 Å². The van der Waals surface area contributed by atoms with Gasteiger partial charge in [-0.15, -0.1) is 0 Å². The molecule has 160 valence electrons. The zero-order chi connectivity index (χ0) is 20.8. The summed E-state index contributed by atoms with van der Waals surface area (Å²) in [6.07, 6.45) is 0.519. The van der Waals surface area contributed by atoms with Crippen LogP contribution >= 0.6 is 11.8 Å². The quantitative estimate of drug-likeness (QED) is 0.625. The normalized spacial score (nSPS) is 23.6. The fourth-order valence-electron chi connectivity index (χ4n) is 4.77. The SMILES string of the molecule is Cc1cc(N2CCOCC2)cc2c1Nc1c(C)cc(N3C[C@@H](C)O[C@@H](C)C3)cc1S2. The maximum absolute atomic E-state index is 5.94. The summed E-state index contributed by atoms with van der Waals surface area (Å²) in [5.41, 5.74) is 7.68. The predicted molar refractivity (Wildman–Crippen MR) is 125 cm³/mol. The van der Waals surface area contributed by atoms with Crippen LogP contribution in [0.1, 0.15) is 25.0 Å². The Hall–Kier alpha value is -1.89. The second kappa shape index (κ2) is 7.98. The van der Waals surface area contributed by atoms with E-state index >= 15 is 0 Å². The molecule has 3 heterocycles. The Morgan fingerprint density at radius 1 is 0.833 bits per heavy atom. The van der Waals surface area contributed by atoms with Crippen LogP contribution in [0.5, 0.6) is 0 Å². The Morgan fingerprint density at radius 2 is 1.37 bits per heavy atom. The fraction of sp³-hybridized carbons (Fsp3) is 0.500. The van der Waals surface area contributed by atoms with Crippen LogP contribution in [0.15, 0.2) is 34.1 Å². The molecule has 0 aromatic heterocycles. The number of nitrogens with one attached hydrogen (secondary N) is 1. The summed E-state index contributed by atoms with van der Waals surface area (Å²) in [5, 5.41) is 3.75. The molecule has 0 bridgehead atoms. The summed E-state index contributed by atoms with van der Waals surface area (Å²) in [6.45, 7) is 14.2. The molecule has 0 spiro atoms. The van der Waals surface area contributed by atoms with Crippen molar-refractivity contribution >= 4 is 34.5 Å². The second-order valence-corrected chi connectivity index (χ2v) is 9.84. The fourth-order valence-corrected chi connectivity index (χ4v) is 6.00. The molecule has 2 saturated heterocycles. The summed E-state index contributed by atoms with van der Waals surface area (Å²) in [7, 11) is 0. The van der Waals surface area contributed by atoms with E-state index in [0.29, 0.717) is 0 Å². The molecule has 1 N–H and O–H groups in total. The molecule has 0 radical (unpaired) electrons. The molecule has 2 aromatic carbocycles. The molecule has 2 atom stereocenters. The maximum atomic E-state index is 5.94. The van der Waals surface area contributed by atoms with E-state index in [1.54, 1.807) is 0 Å². The van der Waals surface area contributed by atoms with E-state index in [2.05, 4.69) is 67.1 Å². The Balaban J connectivity index is 1.47. The zero-order valence-electron chi connectivity index (χ0n) is 18.3. The summed E-state index contributed by atoms with van der Waals surface area (Å²) in [4.78, 5) is 7.52. The number of aryl methyl sites for hydroxylation is 2. The van der Waals surface area contributed by atoms with Crippen molar-refractivity contribution in [1.29, 1.82) is 0 Å². The van der Waals surface area contributed by atoms with Crippen molar-refractivity contribution in [3.8, 4) is 0 Å². The lowest BCUT2D eigenvalue weighted by Gasteiger charge is -2.37. The average Bonchev–Trinajstić information content (AvgIpc) is 2.72. The molecule has 2 fully saturated rings. The minimum absolute atomic E-state index is 0.260. The highest BCUT2D eigenvalue weighted by Crippen LogP contribution is 2.49. The van der Waals surface area contributed by atoms with E-state index in [-0.39, 0.29) is 12.2 Å². The standard InChI is InChI=1S/C24H31N3O2S/c1-15-9-19(26-5-7-28-8-6-26)11-21-23(15)25-24-16(2)10-20(12-22(24)30-21)27-13-17(3)29-18(4)14-27/h9-12,17-18,25H,5-8,13-14H2,1-4H3/t17-,18+. The van der Waals surface area contributed by atoms with Gasteiger partial charge in [0.15, 0.2) is 0 Å². The monoisotopic (exact) mass is 425 g/mol. The van der Waals surface area contributed by atoms with Gasteiger partial charge in [0.1, 0.15) is 0 Å². The van der Waals surface area contributed by atoms with Gasteiger partial charge in [0.05, 0.1) is 36.8 Å². The predicted octanol–water partition coefficient (Wildman–Crippen LogP) is 4.96. The molecule has 30 heavy (non-hydrogen) atoms. The molecular weight excluding hydrogens is 394 g/mol. The van der Waals surface area contributed by atoms with Crippen molar-refractivity contribution in [2.24, 2.45) is 0 Å². The van der Waals surface area contributed by atoms with Gasteiger partial charge in [0, 0.05) is 47.3 Å². The third-order valence-corrected chi connectivity index (χ3v) is 7.28. The summed E-state index contributed by atoms with van der Waals surface area (Å²) in [5.74, 6) is 0. The minimum Gasteiger partial charge on any atom is -0.378 e. The Kier molecular flexibility index (Phi) is 5.33. The largest absolute Gasteiger partial charge is 0.378 e. The number of fused-ring (bicyclic) bond motifs is 2. The number of hydrogen-bond acceptors (Lipinski definition) is 6. The van der Waals surface area contributed by atoms with Crippen molar-refractivity contribution < 1.29 is 9.47 Å². The number of ether oxygens (including phenoxy) is 2. The van der Waals surface area contributed by atoms with Crippen LogP contribution in [0.4, 0.5) is 22.7 Å². The topological polar surface area (TPSA) is 37.0 Å². The first-order valence-corrected chi connectivity index (χ1v) is 11.8. The van der Waals surface area contributed by atoms with Gasteiger partial charge in [0.2, 0.25) is 0 Å². The van der Waals surface area contributed by atoms with Gasteiger partial charge < -0.3 is 24.6 Å². The Morgan fingerprint density at radius 3 is 1.93 bits per heavy atom. The van der Waals surface area contributed by atoms with E-state index < -0.39 is 0 Å². The lowest BCUT2D eigenvalue weighted by Crippen LogP contribution is -2.45. The third-order valence-electron chi connectivity index (χ3n) is 6.20. The highest BCUT2D eigenvalue weighted by molar-refractivity contribution is 7.99. The first-order valence-electron chi connectivity index (χ1n) is 10.9. The molecule has 0 aliphatic carbocycles. The number of benzene rings is 2. The number of rotatable bonds is 2. The Bertz CT molecular complexity index is 948. The van der Waals surface area contributed by atoms with Gasteiger partial charge in [0.25, 0.3) is 0 Å². The van der Waals surface area contributed by atoms with Crippen molar-refractivity contribution in [2.45, 2.75) is 49.7 Å². The third kappa shape index (κ3) is 3.77. The average molecular weight is 426 g/mol.